The number of rotatable bonds is 10. The lowest BCUT2D eigenvalue weighted by Crippen LogP contribution is -2.26. The van der Waals surface area contributed by atoms with Crippen molar-refractivity contribution < 1.29 is 19.1 Å². The van der Waals surface area contributed by atoms with Gasteiger partial charge in [0.1, 0.15) is 5.82 Å². The van der Waals surface area contributed by atoms with E-state index in [1.807, 2.05) is 0 Å². The zero-order valence-corrected chi connectivity index (χ0v) is 14.0. The minimum Gasteiger partial charge on any atom is -0.481 e. The lowest BCUT2D eigenvalue weighted by atomic mass is 10.1. The number of carboxylic acids is 1. The van der Waals surface area contributed by atoms with Gasteiger partial charge >= 0.3 is 5.97 Å². The number of amides is 1. The van der Waals surface area contributed by atoms with Crippen LogP contribution >= 0.6 is 15.9 Å². The van der Waals surface area contributed by atoms with Crippen LogP contribution in [-0.4, -0.2) is 23.5 Å². The average molecular weight is 374 g/mol. The molecule has 6 heteroatoms. The Morgan fingerprint density at radius 3 is 2.50 bits per heavy atom. The number of carbonyl (C=O) groups is 2. The lowest BCUT2D eigenvalue weighted by molar-refractivity contribution is -0.137. The number of halogens is 2. The van der Waals surface area contributed by atoms with Gasteiger partial charge in [-0.3, -0.25) is 9.59 Å². The molecule has 0 atom stereocenters. The molecule has 1 aromatic carbocycles. The standard InChI is InChI=1S/C16H21BrFNO3/c17-13-8-7-12(10-14(13)18)11-15(20)19-9-5-3-1-2-4-6-16(21)22/h7-8,10H,1-6,9,11H2,(H,19,20)(H,21,22). The van der Waals surface area contributed by atoms with E-state index in [0.717, 1.165) is 25.7 Å². The minimum atomic E-state index is -0.753. The SMILES string of the molecule is O=C(O)CCCCCCCNC(=O)Cc1ccc(Br)c(F)c1. The number of hydrogen-bond donors (Lipinski definition) is 2. The minimum absolute atomic E-state index is 0.118. The quantitative estimate of drug-likeness (QED) is 0.614. The van der Waals surface area contributed by atoms with Gasteiger partial charge in [0.05, 0.1) is 10.9 Å². The van der Waals surface area contributed by atoms with Crippen LogP contribution in [0, 0.1) is 5.82 Å². The first-order valence-corrected chi connectivity index (χ1v) is 8.21. The van der Waals surface area contributed by atoms with Gasteiger partial charge in [-0.25, -0.2) is 4.39 Å². The lowest BCUT2D eigenvalue weighted by Gasteiger charge is -2.06. The Labute approximate surface area is 138 Å². The number of nitrogens with one attached hydrogen (secondary N) is 1. The topological polar surface area (TPSA) is 66.4 Å². The Kier molecular flexibility index (Phi) is 8.74. The van der Waals surface area contributed by atoms with Crippen LogP contribution in [0.25, 0.3) is 0 Å². The van der Waals surface area contributed by atoms with Crippen molar-refractivity contribution in [1.29, 1.82) is 0 Å². The molecule has 0 aromatic heterocycles. The van der Waals surface area contributed by atoms with Crippen molar-refractivity contribution in [3.05, 3.63) is 34.1 Å². The molecule has 0 aliphatic carbocycles. The first-order valence-electron chi connectivity index (χ1n) is 7.41. The van der Waals surface area contributed by atoms with E-state index in [1.54, 1.807) is 12.1 Å². The summed E-state index contributed by atoms with van der Waals surface area (Å²) < 4.78 is 13.7. The highest BCUT2D eigenvalue weighted by Gasteiger charge is 2.06. The van der Waals surface area contributed by atoms with Crippen molar-refractivity contribution in [1.82, 2.24) is 5.32 Å². The van der Waals surface area contributed by atoms with Gasteiger partial charge < -0.3 is 10.4 Å². The van der Waals surface area contributed by atoms with Crippen LogP contribution in [0.3, 0.4) is 0 Å². The number of carbonyl (C=O) groups excluding carboxylic acids is 1. The fourth-order valence-corrected chi connectivity index (χ4v) is 2.30. The molecule has 22 heavy (non-hydrogen) atoms. The molecule has 0 bridgehead atoms. The van der Waals surface area contributed by atoms with E-state index in [9.17, 15) is 14.0 Å². The van der Waals surface area contributed by atoms with Crippen LogP contribution < -0.4 is 5.32 Å². The molecule has 1 rings (SSSR count). The molecule has 4 nitrogen and oxygen atoms in total. The fourth-order valence-electron chi connectivity index (χ4n) is 2.06. The zero-order valence-electron chi connectivity index (χ0n) is 12.4. The largest absolute Gasteiger partial charge is 0.481 e. The molecule has 0 unspecified atom stereocenters. The summed E-state index contributed by atoms with van der Waals surface area (Å²) in [5.41, 5.74) is 0.645. The summed E-state index contributed by atoms with van der Waals surface area (Å²) in [5.74, 6) is -1.24. The van der Waals surface area contributed by atoms with Gasteiger partial charge in [-0.2, -0.15) is 0 Å². The second kappa shape index (κ2) is 10.3. The summed E-state index contributed by atoms with van der Waals surface area (Å²) in [6.07, 6.45) is 4.81. The summed E-state index contributed by atoms with van der Waals surface area (Å²) >= 11 is 3.07. The maximum atomic E-state index is 13.3. The molecule has 0 spiro atoms. The van der Waals surface area contributed by atoms with Crippen LogP contribution in [-0.2, 0) is 16.0 Å². The molecular weight excluding hydrogens is 353 g/mol. The van der Waals surface area contributed by atoms with Crippen molar-refractivity contribution in [2.75, 3.05) is 6.54 Å². The van der Waals surface area contributed by atoms with E-state index in [4.69, 9.17) is 5.11 Å². The summed E-state index contributed by atoms with van der Waals surface area (Å²) in [6.45, 7) is 0.594. The van der Waals surface area contributed by atoms with Crippen molar-refractivity contribution in [2.24, 2.45) is 0 Å². The van der Waals surface area contributed by atoms with E-state index in [2.05, 4.69) is 21.2 Å². The molecular formula is C16H21BrFNO3. The molecule has 0 fully saturated rings. The van der Waals surface area contributed by atoms with E-state index in [-0.39, 0.29) is 24.6 Å². The Balaban J connectivity index is 2.08. The Hall–Kier alpha value is -1.43. The van der Waals surface area contributed by atoms with E-state index < -0.39 is 5.97 Å². The summed E-state index contributed by atoms with van der Waals surface area (Å²) in [7, 11) is 0. The highest BCUT2D eigenvalue weighted by Crippen LogP contribution is 2.16. The van der Waals surface area contributed by atoms with Gasteiger partial charge in [0.15, 0.2) is 0 Å². The highest BCUT2D eigenvalue weighted by molar-refractivity contribution is 9.10. The van der Waals surface area contributed by atoms with Crippen molar-refractivity contribution in [2.45, 2.75) is 44.9 Å². The molecule has 2 N–H and O–H groups in total. The predicted octanol–water partition coefficient (Wildman–Crippen LogP) is 3.67. The Morgan fingerprint density at radius 1 is 1.14 bits per heavy atom. The summed E-state index contributed by atoms with van der Waals surface area (Å²) in [4.78, 5) is 22.0. The third-order valence-electron chi connectivity index (χ3n) is 3.24. The van der Waals surface area contributed by atoms with E-state index >= 15 is 0 Å². The van der Waals surface area contributed by atoms with Crippen LogP contribution in [0.4, 0.5) is 4.39 Å². The molecule has 0 aliphatic heterocycles. The second-order valence-electron chi connectivity index (χ2n) is 5.19. The van der Waals surface area contributed by atoms with Gasteiger partial charge in [0.25, 0.3) is 0 Å². The molecule has 0 heterocycles. The van der Waals surface area contributed by atoms with Crippen molar-refractivity contribution in [3.63, 3.8) is 0 Å². The van der Waals surface area contributed by atoms with Gasteiger partial charge in [-0.1, -0.05) is 25.3 Å². The van der Waals surface area contributed by atoms with Gasteiger partial charge in [-0.15, -0.1) is 0 Å². The van der Waals surface area contributed by atoms with Gasteiger partial charge in [-0.05, 0) is 46.5 Å². The number of unbranched alkanes of at least 4 members (excludes halogenated alkanes) is 4. The maximum absolute atomic E-state index is 13.3. The smallest absolute Gasteiger partial charge is 0.303 e. The number of benzene rings is 1. The van der Waals surface area contributed by atoms with Crippen LogP contribution in [0.2, 0.25) is 0 Å². The maximum Gasteiger partial charge on any atom is 0.303 e. The monoisotopic (exact) mass is 373 g/mol. The first-order chi connectivity index (χ1) is 10.5. The molecule has 1 aromatic rings. The Bertz CT molecular complexity index is 508. The van der Waals surface area contributed by atoms with Gasteiger partial charge in [0, 0.05) is 13.0 Å². The number of hydrogen-bond acceptors (Lipinski definition) is 2. The predicted molar refractivity (Wildman–Crippen MR) is 86.2 cm³/mol. The van der Waals surface area contributed by atoms with Crippen LogP contribution in [0.5, 0.6) is 0 Å². The molecule has 1 amide bonds. The van der Waals surface area contributed by atoms with Crippen molar-refractivity contribution in [3.8, 4) is 0 Å². The molecule has 0 saturated carbocycles. The van der Waals surface area contributed by atoms with E-state index in [1.165, 1.54) is 6.07 Å². The Morgan fingerprint density at radius 2 is 1.82 bits per heavy atom. The summed E-state index contributed by atoms with van der Waals surface area (Å²) in [6, 6.07) is 4.66. The normalized spacial score (nSPS) is 10.5. The number of aliphatic carboxylic acids is 1. The molecule has 122 valence electrons. The van der Waals surface area contributed by atoms with Gasteiger partial charge in [0.2, 0.25) is 5.91 Å². The average Bonchev–Trinajstić information content (AvgIpc) is 2.45. The highest BCUT2D eigenvalue weighted by atomic mass is 79.9. The summed E-state index contributed by atoms with van der Waals surface area (Å²) in [5, 5.41) is 11.3. The second-order valence-corrected chi connectivity index (χ2v) is 6.04. The fraction of sp³-hybridized carbons (Fsp3) is 0.500. The van der Waals surface area contributed by atoms with Crippen LogP contribution in [0.15, 0.2) is 22.7 Å². The first kappa shape index (κ1) is 18.6. The van der Waals surface area contributed by atoms with E-state index in [0.29, 0.717) is 23.0 Å². The zero-order chi connectivity index (χ0) is 16.4. The molecule has 0 saturated heterocycles. The third-order valence-corrected chi connectivity index (χ3v) is 3.88. The molecule has 0 radical (unpaired) electrons. The number of carboxylic acid groups (broad SMARTS) is 1. The van der Waals surface area contributed by atoms with Crippen LogP contribution in [0.1, 0.15) is 44.1 Å². The van der Waals surface area contributed by atoms with Crippen molar-refractivity contribution >= 4 is 27.8 Å². The third kappa shape index (κ3) is 8.12. The molecule has 0 aliphatic rings.